The lowest BCUT2D eigenvalue weighted by molar-refractivity contribution is -0.142. The number of amides is 6. The number of hydrogen-bond acceptors (Lipinski definition) is 7. The molecule has 298 valence electrons. The number of rotatable bonds is 27. The molecular weight excluding hydrogens is 668 g/mol. The third kappa shape index (κ3) is 18.7. The number of hydrogen-bond donors (Lipinski definition) is 6. The smallest absolute Gasteiger partial charge is 0.322 e. The van der Waals surface area contributed by atoms with Gasteiger partial charge in [-0.25, -0.2) is 0 Å². The Morgan fingerprint density at radius 3 is 1.65 bits per heavy atom. The number of carboxylic acid groups (broad SMARTS) is 1. The van der Waals surface area contributed by atoms with Crippen LogP contribution in [-0.2, 0) is 33.6 Å². The van der Waals surface area contributed by atoms with E-state index in [2.05, 4.69) is 33.5 Å². The molecule has 14 nitrogen and oxygen atoms in total. The first-order valence-electron chi connectivity index (χ1n) is 19.7. The molecule has 0 aromatic rings. The minimum Gasteiger partial charge on any atom is -0.480 e. The molecule has 0 unspecified atom stereocenters. The largest absolute Gasteiger partial charge is 0.480 e. The van der Waals surface area contributed by atoms with Crippen LogP contribution < -0.4 is 26.6 Å². The maximum Gasteiger partial charge on any atom is 0.322 e. The topological polar surface area (TPSA) is 203 Å². The van der Waals surface area contributed by atoms with Crippen molar-refractivity contribution < 1.29 is 38.7 Å². The summed E-state index contributed by atoms with van der Waals surface area (Å²) in [7, 11) is 0. The van der Waals surface area contributed by atoms with E-state index in [1.165, 1.54) is 76.0 Å². The Morgan fingerprint density at radius 2 is 1.13 bits per heavy atom. The third-order valence-electron chi connectivity index (χ3n) is 9.44. The number of nitrogens with one attached hydrogen (secondary N) is 5. The lowest BCUT2D eigenvalue weighted by Gasteiger charge is -2.29. The highest BCUT2D eigenvalue weighted by Crippen LogP contribution is 2.19. The zero-order valence-electron chi connectivity index (χ0n) is 32.7. The number of likely N-dealkylation sites (tertiary alicyclic amines) is 1. The molecule has 14 heteroatoms. The second-order valence-corrected chi connectivity index (χ2v) is 14.8. The van der Waals surface area contributed by atoms with Crippen LogP contribution >= 0.6 is 0 Å². The zero-order chi connectivity index (χ0) is 39.1. The summed E-state index contributed by atoms with van der Waals surface area (Å²) in [4.78, 5) is 89.3. The highest BCUT2D eigenvalue weighted by Gasteiger charge is 2.37. The summed E-state index contributed by atoms with van der Waals surface area (Å²) in [5.41, 5.74) is 0. The molecule has 4 atom stereocenters. The van der Waals surface area contributed by atoms with Crippen LogP contribution in [0.15, 0.2) is 0 Å². The molecule has 0 aromatic carbocycles. The van der Waals surface area contributed by atoms with Crippen LogP contribution in [0.2, 0.25) is 0 Å². The molecule has 1 fully saturated rings. The van der Waals surface area contributed by atoms with Crippen LogP contribution in [0.1, 0.15) is 144 Å². The molecule has 0 bridgehead atoms. The van der Waals surface area contributed by atoms with Crippen molar-refractivity contribution in [3.8, 4) is 0 Å². The standard InChI is InChI=1S/C38H68N6O8/c1-7-8-9-10-11-12-13-14-15-16-17-18-19-22-30(45)42-33(26(2)3)36(50)39-24-31(46)43-34(27(4)5)37(51)41-28(6)38(52)44-23-20-21-29(44)35(49)40-25-32(47)48/h26-29,33-34H,7-25H2,1-6H3,(H,39,50)(H,40,49)(H,41,51)(H,42,45)(H,43,46)(H,47,48)/t28-,29+,33-,34-/m0/s1. The van der Waals surface area contributed by atoms with Crippen LogP contribution in [0.5, 0.6) is 0 Å². The van der Waals surface area contributed by atoms with Gasteiger partial charge >= 0.3 is 5.97 Å². The van der Waals surface area contributed by atoms with Crippen molar-refractivity contribution >= 4 is 41.4 Å². The van der Waals surface area contributed by atoms with Crippen molar-refractivity contribution in [3.05, 3.63) is 0 Å². The van der Waals surface area contributed by atoms with Gasteiger partial charge in [0.25, 0.3) is 0 Å². The van der Waals surface area contributed by atoms with Crippen LogP contribution in [0.25, 0.3) is 0 Å². The molecule has 1 saturated heterocycles. The second-order valence-electron chi connectivity index (χ2n) is 14.8. The molecule has 0 aromatic heterocycles. The van der Waals surface area contributed by atoms with Gasteiger partial charge in [0, 0.05) is 13.0 Å². The van der Waals surface area contributed by atoms with Crippen LogP contribution in [0.3, 0.4) is 0 Å². The molecule has 0 spiro atoms. The maximum atomic E-state index is 13.2. The first kappa shape index (κ1) is 46.3. The van der Waals surface area contributed by atoms with E-state index >= 15 is 0 Å². The van der Waals surface area contributed by atoms with E-state index < -0.39 is 72.8 Å². The maximum absolute atomic E-state index is 13.2. The van der Waals surface area contributed by atoms with Crippen LogP contribution in [-0.4, -0.2) is 95.2 Å². The first-order chi connectivity index (χ1) is 24.7. The van der Waals surface area contributed by atoms with E-state index in [4.69, 9.17) is 5.11 Å². The van der Waals surface area contributed by atoms with Gasteiger partial charge in [0.15, 0.2) is 0 Å². The van der Waals surface area contributed by atoms with Crippen LogP contribution in [0, 0.1) is 11.8 Å². The lowest BCUT2D eigenvalue weighted by atomic mass is 10.0. The van der Waals surface area contributed by atoms with E-state index in [0.717, 1.165) is 19.3 Å². The van der Waals surface area contributed by atoms with Crippen molar-refractivity contribution in [1.82, 2.24) is 31.5 Å². The average Bonchev–Trinajstić information content (AvgIpc) is 3.59. The molecule has 1 aliphatic rings. The fourth-order valence-corrected chi connectivity index (χ4v) is 6.32. The Kier molecular flexibility index (Phi) is 23.3. The Hall–Kier alpha value is -3.71. The van der Waals surface area contributed by atoms with Crippen molar-refractivity contribution in [1.29, 1.82) is 0 Å². The molecule has 0 saturated carbocycles. The molecule has 1 rings (SSSR count). The number of carbonyl (C=O) groups excluding carboxylic acids is 6. The van der Waals surface area contributed by atoms with Crippen LogP contribution in [0.4, 0.5) is 0 Å². The fourth-order valence-electron chi connectivity index (χ4n) is 6.32. The number of carboxylic acids is 1. The fraction of sp³-hybridized carbons (Fsp3) is 0.816. The third-order valence-corrected chi connectivity index (χ3v) is 9.44. The van der Waals surface area contributed by atoms with Gasteiger partial charge in [-0.3, -0.25) is 33.6 Å². The second kappa shape index (κ2) is 26.1. The summed E-state index contributed by atoms with van der Waals surface area (Å²) >= 11 is 0. The van der Waals surface area contributed by atoms with Crippen molar-refractivity contribution in [3.63, 3.8) is 0 Å². The first-order valence-corrected chi connectivity index (χ1v) is 19.7. The summed E-state index contributed by atoms with van der Waals surface area (Å²) in [6.45, 7) is 10.1. The van der Waals surface area contributed by atoms with E-state index in [1.807, 2.05) is 13.8 Å². The molecule has 0 radical (unpaired) electrons. The summed E-state index contributed by atoms with van der Waals surface area (Å²) in [6, 6.07) is -3.70. The Bertz CT molecular complexity index is 1150. The minimum absolute atomic E-state index is 0.206. The highest BCUT2D eigenvalue weighted by atomic mass is 16.4. The van der Waals surface area contributed by atoms with Gasteiger partial charge in [0.2, 0.25) is 35.4 Å². The Balaban J connectivity index is 2.47. The summed E-state index contributed by atoms with van der Waals surface area (Å²) in [6.07, 6.45) is 17.0. The molecular formula is C38H68N6O8. The number of nitrogens with zero attached hydrogens (tertiary/aromatic N) is 1. The van der Waals surface area contributed by atoms with Crippen molar-refractivity contribution in [2.24, 2.45) is 11.8 Å². The Morgan fingerprint density at radius 1 is 0.635 bits per heavy atom. The van der Waals surface area contributed by atoms with Crippen molar-refractivity contribution in [2.75, 3.05) is 19.6 Å². The van der Waals surface area contributed by atoms with Gasteiger partial charge in [-0.05, 0) is 38.0 Å². The van der Waals surface area contributed by atoms with Gasteiger partial charge in [-0.15, -0.1) is 0 Å². The molecule has 1 aliphatic heterocycles. The summed E-state index contributed by atoms with van der Waals surface area (Å²) in [5.74, 6) is -4.79. The zero-order valence-corrected chi connectivity index (χ0v) is 32.7. The Labute approximate surface area is 311 Å². The number of carbonyl (C=O) groups is 7. The van der Waals surface area contributed by atoms with Crippen molar-refractivity contribution in [2.45, 2.75) is 168 Å². The van der Waals surface area contributed by atoms with Gasteiger partial charge in [-0.2, -0.15) is 0 Å². The van der Waals surface area contributed by atoms with Gasteiger partial charge in [-0.1, -0.05) is 112 Å². The molecule has 1 heterocycles. The van der Waals surface area contributed by atoms with Gasteiger partial charge in [0.05, 0.1) is 6.54 Å². The SMILES string of the molecule is CCCCCCCCCCCCCCCC(=O)N[C@H](C(=O)NCC(=O)N[C@H](C(=O)N[C@@H](C)C(=O)N1CCC[C@@H]1C(=O)NCC(=O)O)C(C)C)C(C)C. The lowest BCUT2D eigenvalue weighted by Crippen LogP contribution is -2.58. The number of aliphatic carboxylic acids is 1. The summed E-state index contributed by atoms with van der Waals surface area (Å²) in [5, 5.41) is 21.7. The predicted octanol–water partition coefficient (Wildman–Crippen LogP) is 3.56. The quantitative estimate of drug-likeness (QED) is 0.0687. The molecule has 6 amide bonds. The predicted molar refractivity (Wildman–Crippen MR) is 200 cm³/mol. The molecule has 52 heavy (non-hydrogen) atoms. The summed E-state index contributed by atoms with van der Waals surface area (Å²) < 4.78 is 0. The molecule has 0 aliphatic carbocycles. The highest BCUT2D eigenvalue weighted by molar-refractivity contribution is 5.96. The van der Waals surface area contributed by atoms with E-state index in [-0.39, 0.29) is 24.3 Å². The minimum atomic E-state index is -1.20. The van der Waals surface area contributed by atoms with Gasteiger partial charge < -0.3 is 36.6 Å². The van der Waals surface area contributed by atoms with E-state index in [1.54, 1.807) is 13.8 Å². The monoisotopic (exact) mass is 737 g/mol. The molecule has 6 N–H and O–H groups in total. The number of unbranched alkanes of at least 4 members (excludes halogenated alkanes) is 12. The van der Waals surface area contributed by atoms with Gasteiger partial charge in [0.1, 0.15) is 30.7 Å². The normalized spacial score (nSPS) is 15.8. The van der Waals surface area contributed by atoms with E-state index in [9.17, 15) is 33.6 Å². The average molecular weight is 737 g/mol. The van der Waals surface area contributed by atoms with E-state index in [0.29, 0.717) is 19.3 Å².